The second-order valence-electron chi connectivity index (χ2n) is 6.67. The molecule has 2 fully saturated rings. The summed E-state index contributed by atoms with van der Waals surface area (Å²) >= 11 is 6.06. The Kier molecular flexibility index (Phi) is 4.63. The maximum atomic E-state index is 12.6. The molecule has 1 aromatic rings. The van der Waals surface area contributed by atoms with Gasteiger partial charge in [-0.15, -0.1) is 0 Å². The van der Waals surface area contributed by atoms with Gasteiger partial charge < -0.3 is 5.32 Å². The van der Waals surface area contributed by atoms with Crippen LogP contribution in [0.4, 0.5) is 5.69 Å². The summed E-state index contributed by atoms with van der Waals surface area (Å²) < 4.78 is 0. The monoisotopic (exact) mass is 348 g/mol. The van der Waals surface area contributed by atoms with E-state index in [9.17, 15) is 14.4 Å². The number of rotatable bonds is 3. The zero-order valence-corrected chi connectivity index (χ0v) is 14.6. The summed E-state index contributed by atoms with van der Waals surface area (Å²) in [7, 11) is 0. The zero-order chi connectivity index (χ0) is 17.4. The van der Waals surface area contributed by atoms with E-state index in [0.29, 0.717) is 10.7 Å². The molecular weight excluding hydrogens is 328 g/mol. The number of carbonyl (C=O) groups excluding carboxylic acids is 3. The van der Waals surface area contributed by atoms with Crippen LogP contribution in [0.25, 0.3) is 0 Å². The number of fused-ring (bicyclic) bond motifs is 1. The van der Waals surface area contributed by atoms with E-state index in [1.165, 1.54) is 0 Å². The van der Waals surface area contributed by atoms with Gasteiger partial charge in [-0.3, -0.25) is 19.3 Å². The summed E-state index contributed by atoms with van der Waals surface area (Å²) in [5, 5.41) is 3.29. The maximum Gasteiger partial charge on any atom is 0.247 e. The van der Waals surface area contributed by atoms with Gasteiger partial charge in [0, 0.05) is 10.7 Å². The molecule has 3 amide bonds. The number of imide groups is 1. The van der Waals surface area contributed by atoms with E-state index in [4.69, 9.17) is 11.6 Å². The first-order chi connectivity index (χ1) is 11.4. The first-order valence-corrected chi connectivity index (χ1v) is 8.72. The lowest BCUT2D eigenvalue weighted by molar-refractivity contribution is -0.146. The van der Waals surface area contributed by atoms with Gasteiger partial charge in [-0.05, 0) is 44.4 Å². The van der Waals surface area contributed by atoms with Gasteiger partial charge in [0.05, 0.1) is 11.8 Å². The number of carbonyl (C=O) groups is 3. The Bertz CT molecular complexity index is 680. The van der Waals surface area contributed by atoms with Gasteiger partial charge >= 0.3 is 0 Å². The first-order valence-electron chi connectivity index (χ1n) is 8.34. The lowest BCUT2D eigenvalue weighted by Crippen LogP contribution is -2.46. The van der Waals surface area contributed by atoms with E-state index in [1.807, 2.05) is 13.0 Å². The van der Waals surface area contributed by atoms with Crippen LogP contribution in [-0.4, -0.2) is 28.7 Å². The zero-order valence-electron chi connectivity index (χ0n) is 13.8. The molecule has 24 heavy (non-hydrogen) atoms. The molecular formula is C18H21ClN2O3. The van der Waals surface area contributed by atoms with Crippen molar-refractivity contribution in [2.75, 3.05) is 5.32 Å². The van der Waals surface area contributed by atoms with Crippen LogP contribution in [-0.2, 0) is 14.4 Å². The number of likely N-dealkylation sites (tertiary alicyclic amines) is 1. The third kappa shape index (κ3) is 2.93. The van der Waals surface area contributed by atoms with Crippen LogP contribution in [0.3, 0.4) is 0 Å². The van der Waals surface area contributed by atoms with Crippen molar-refractivity contribution in [3.63, 3.8) is 0 Å². The van der Waals surface area contributed by atoms with Crippen LogP contribution in [0.2, 0.25) is 5.02 Å². The summed E-state index contributed by atoms with van der Waals surface area (Å²) in [5.41, 5.74) is 1.47. The predicted octanol–water partition coefficient (Wildman–Crippen LogP) is 3.15. The molecule has 0 spiro atoms. The van der Waals surface area contributed by atoms with Crippen LogP contribution in [0.1, 0.15) is 38.2 Å². The van der Waals surface area contributed by atoms with E-state index in [2.05, 4.69) is 5.32 Å². The average molecular weight is 349 g/mol. The van der Waals surface area contributed by atoms with Crippen molar-refractivity contribution in [3.05, 3.63) is 28.8 Å². The van der Waals surface area contributed by atoms with Crippen molar-refractivity contribution in [2.45, 2.75) is 45.6 Å². The number of halogens is 1. The quantitative estimate of drug-likeness (QED) is 0.853. The highest BCUT2D eigenvalue weighted by molar-refractivity contribution is 6.31. The third-order valence-electron chi connectivity index (χ3n) is 5.08. The fourth-order valence-electron chi connectivity index (χ4n) is 3.60. The van der Waals surface area contributed by atoms with Crippen LogP contribution in [0, 0.1) is 18.8 Å². The van der Waals surface area contributed by atoms with Gasteiger partial charge in [-0.25, -0.2) is 0 Å². The van der Waals surface area contributed by atoms with Crippen molar-refractivity contribution in [1.29, 1.82) is 0 Å². The summed E-state index contributed by atoms with van der Waals surface area (Å²) in [6, 6.07) is 4.40. The van der Waals surface area contributed by atoms with Crippen molar-refractivity contribution < 1.29 is 14.4 Å². The van der Waals surface area contributed by atoms with Crippen molar-refractivity contribution in [2.24, 2.45) is 11.8 Å². The topological polar surface area (TPSA) is 66.5 Å². The number of anilines is 1. The Balaban J connectivity index is 1.74. The van der Waals surface area contributed by atoms with Gasteiger partial charge in [0.15, 0.2) is 0 Å². The fourth-order valence-corrected chi connectivity index (χ4v) is 3.78. The molecule has 0 aromatic heterocycles. The van der Waals surface area contributed by atoms with Crippen LogP contribution >= 0.6 is 11.6 Å². The summed E-state index contributed by atoms with van der Waals surface area (Å²) in [4.78, 5) is 38.8. The molecule has 128 valence electrons. The standard InChI is InChI=1S/C18H21ClN2O3/c1-10-7-8-12(9-15(10)19)20-16(22)11(2)21-17(23)13-5-3-4-6-14(13)18(21)24/h7-9,11,13-14H,3-6H2,1-2H3,(H,20,22). The van der Waals surface area contributed by atoms with Gasteiger partial charge in [0.2, 0.25) is 17.7 Å². The molecule has 1 saturated heterocycles. The predicted molar refractivity (Wildman–Crippen MR) is 91.6 cm³/mol. The molecule has 3 unspecified atom stereocenters. The molecule has 3 atom stereocenters. The lowest BCUT2D eigenvalue weighted by Gasteiger charge is -2.22. The second kappa shape index (κ2) is 6.55. The van der Waals surface area contributed by atoms with Crippen molar-refractivity contribution >= 4 is 35.0 Å². The highest BCUT2D eigenvalue weighted by Gasteiger charge is 2.50. The Labute approximate surface area is 146 Å². The molecule has 0 bridgehead atoms. The van der Waals surface area contributed by atoms with E-state index in [-0.39, 0.29) is 29.6 Å². The summed E-state index contributed by atoms with van der Waals surface area (Å²) in [6.07, 6.45) is 3.42. The van der Waals surface area contributed by atoms with E-state index < -0.39 is 6.04 Å². The van der Waals surface area contributed by atoms with Gasteiger partial charge in [-0.2, -0.15) is 0 Å². The molecule has 1 saturated carbocycles. The Morgan fingerprint density at radius 3 is 2.33 bits per heavy atom. The molecule has 2 aliphatic rings. The fraction of sp³-hybridized carbons (Fsp3) is 0.500. The molecule has 1 aliphatic heterocycles. The summed E-state index contributed by atoms with van der Waals surface area (Å²) in [5.74, 6) is -1.26. The highest BCUT2D eigenvalue weighted by Crippen LogP contribution is 2.38. The number of benzene rings is 1. The Morgan fingerprint density at radius 1 is 1.21 bits per heavy atom. The van der Waals surface area contributed by atoms with E-state index >= 15 is 0 Å². The van der Waals surface area contributed by atoms with Crippen molar-refractivity contribution in [1.82, 2.24) is 4.90 Å². The van der Waals surface area contributed by atoms with Crippen molar-refractivity contribution in [3.8, 4) is 0 Å². The smallest absolute Gasteiger partial charge is 0.247 e. The van der Waals surface area contributed by atoms with Gasteiger partial charge in [-0.1, -0.05) is 30.5 Å². The number of hydrogen-bond acceptors (Lipinski definition) is 3. The molecule has 1 aromatic carbocycles. The van der Waals surface area contributed by atoms with E-state index in [0.717, 1.165) is 36.1 Å². The number of amides is 3. The van der Waals surface area contributed by atoms with Gasteiger partial charge in [0.1, 0.15) is 6.04 Å². The summed E-state index contributed by atoms with van der Waals surface area (Å²) in [6.45, 7) is 3.47. The average Bonchev–Trinajstić information content (AvgIpc) is 2.82. The van der Waals surface area contributed by atoms with Crippen LogP contribution < -0.4 is 5.32 Å². The second-order valence-corrected chi connectivity index (χ2v) is 7.08. The molecule has 0 radical (unpaired) electrons. The Hall–Kier alpha value is -1.88. The molecule has 1 aliphatic carbocycles. The Morgan fingerprint density at radius 2 is 1.79 bits per heavy atom. The minimum Gasteiger partial charge on any atom is -0.324 e. The largest absolute Gasteiger partial charge is 0.324 e. The highest BCUT2D eigenvalue weighted by atomic mass is 35.5. The molecule has 6 heteroatoms. The number of hydrogen-bond donors (Lipinski definition) is 1. The third-order valence-corrected chi connectivity index (χ3v) is 5.49. The van der Waals surface area contributed by atoms with E-state index in [1.54, 1.807) is 19.1 Å². The maximum absolute atomic E-state index is 12.6. The first kappa shape index (κ1) is 17.0. The lowest BCUT2D eigenvalue weighted by atomic mass is 9.81. The minimum absolute atomic E-state index is 0.200. The van der Waals surface area contributed by atoms with Gasteiger partial charge in [0.25, 0.3) is 0 Å². The SMILES string of the molecule is Cc1ccc(NC(=O)C(C)N2C(=O)C3CCCCC3C2=O)cc1Cl. The van der Waals surface area contributed by atoms with Crippen LogP contribution in [0.15, 0.2) is 18.2 Å². The molecule has 1 heterocycles. The molecule has 5 nitrogen and oxygen atoms in total. The number of nitrogens with zero attached hydrogens (tertiary/aromatic N) is 1. The number of nitrogens with one attached hydrogen (secondary N) is 1. The minimum atomic E-state index is -0.823. The normalized spacial score (nSPS) is 24.7. The molecule has 1 N–H and O–H groups in total. The number of aryl methyl sites for hydroxylation is 1. The van der Waals surface area contributed by atoms with Crippen LogP contribution in [0.5, 0.6) is 0 Å². The molecule has 3 rings (SSSR count).